The molecule has 2 heterocycles. The lowest BCUT2D eigenvalue weighted by Crippen LogP contribution is -2.60. The van der Waals surface area contributed by atoms with Crippen LogP contribution in [0.25, 0.3) is 6.08 Å². The molecule has 9 nitrogen and oxygen atoms in total. The zero-order valence-electron chi connectivity index (χ0n) is 27.2. The monoisotopic (exact) mass is 888 g/mol. The van der Waals surface area contributed by atoms with Crippen LogP contribution >= 0.6 is 45.8 Å². The number of ether oxygens (including phenoxy) is 2. The van der Waals surface area contributed by atoms with Gasteiger partial charge in [0.15, 0.2) is 44.5 Å². The number of fused-ring (bicyclic) bond motifs is 4. The van der Waals surface area contributed by atoms with Crippen molar-refractivity contribution in [3.8, 4) is 17.2 Å². The molecule has 0 aromatic heterocycles. The van der Waals surface area contributed by atoms with Crippen molar-refractivity contribution in [1.29, 1.82) is 0 Å². The Labute approximate surface area is 321 Å². The van der Waals surface area contributed by atoms with Crippen LogP contribution in [0.15, 0.2) is 54.1 Å². The fourth-order valence-corrected chi connectivity index (χ4v) is 9.13. The molecular formula is C36H24Cl2F5IN2O7. The lowest BCUT2D eigenvalue weighted by Gasteiger charge is -2.49. The molecule has 2 saturated heterocycles. The Morgan fingerprint density at radius 1 is 0.830 bits per heavy atom. The van der Waals surface area contributed by atoms with Gasteiger partial charge in [0.05, 0.1) is 31.7 Å². The van der Waals surface area contributed by atoms with Crippen molar-refractivity contribution in [3.63, 3.8) is 0 Å². The van der Waals surface area contributed by atoms with Crippen LogP contribution < -0.4 is 19.3 Å². The van der Waals surface area contributed by atoms with Gasteiger partial charge in [0.25, 0.3) is 11.8 Å². The maximum atomic E-state index is 15.3. The summed E-state index contributed by atoms with van der Waals surface area (Å²) in [5, 5.41) is 10.4. The number of phenols is 1. The smallest absolute Gasteiger partial charge is 0.258 e. The predicted octanol–water partition coefficient (Wildman–Crippen LogP) is 7.02. The third-order valence-electron chi connectivity index (χ3n) is 10.3. The van der Waals surface area contributed by atoms with Crippen LogP contribution in [0.5, 0.6) is 17.2 Å². The topological polar surface area (TPSA) is 113 Å². The number of carbonyl (C=O) groups is 4. The van der Waals surface area contributed by atoms with E-state index < -0.39 is 98.2 Å². The van der Waals surface area contributed by atoms with Crippen LogP contribution in [0.3, 0.4) is 0 Å². The van der Waals surface area contributed by atoms with Crippen LogP contribution in [0.2, 0.25) is 0 Å². The van der Waals surface area contributed by atoms with Gasteiger partial charge in [-0.15, -0.1) is 23.2 Å². The van der Waals surface area contributed by atoms with Gasteiger partial charge in [0.1, 0.15) is 5.69 Å². The Hall–Kier alpha value is -4.22. The summed E-state index contributed by atoms with van der Waals surface area (Å²) in [6, 6.07) is 9.34. The van der Waals surface area contributed by atoms with Crippen molar-refractivity contribution in [3.05, 3.63) is 92.3 Å². The van der Waals surface area contributed by atoms with E-state index in [-0.39, 0.29) is 39.8 Å². The third-order valence-corrected chi connectivity index (χ3v) is 12.5. The molecule has 0 radical (unpaired) electrons. The van der Waals surface area contributed by atoms with E-state index in [0.717, 1.165) is 8.47 Å². The number of halogens is 8. The van der Waals surface area contributed by atoms with Gasteiger partial charge in [0, 0.05) is 9.49 Å². The molecule has 3 aromatic carbocycles. The number of benzene rings is 3. The van der Waals surface area contributed by atoms with E-state index in [1.54, 1.807) is 30.3 Å². The number of allylic oxidation sites excluding steroid dienone is 3. The standard InChI is InChI=1S/C36H24Cl2F5IN2O7/c1-52-21-11-14(12-22(53-2)30(21)47)3-10-20-17-8-9-18-23(32(49)45(31(18)48)16-6-4-15(44)5-7-16)19(17)13-35(37)33(50)46(34(51)36(20,35)38)29-27(42)25(40)24(39)26(41)28(29)43/h3-8,10-12,18-20,23,47H,9,13H2,1-2H3/t18-,19+,20-,23-,35+,36-/m0/s1. The quantitative estimate of drug-likeness (QED) is 0.0539. The van der Waals surface area contributed by atoms with E-state index in [9.17, 15) is 37.5 Å². The largest absolute Gasteiger partial charge is 0.502 e. The molecule has 4 amide bonds. The maximum Gasteiger partial charge on any atom is 0.258 e. The number of methoxy groups -OCH3 is 2. The van der Waals surface area contributed by atoms with E-state index in [4.69, 9.17) is 32.7 Å². The van der Waals surface area contributed by atoms with Crippen LogP contribution in [0, 0.1) is 56.3 Å². The van der Waals surface area contributed by atoms with Gasteiger partial charge in [-0.25, -0.2) is 26.9 Å². The lowest BCUT2D eigenvalue weighted by molar-refractivity contribution is -0.125. The summed E-state index contributed by atoms with van der Waals surface area (Å²) in [5.74, 6) is -21.7. The summed E-state index contributed by atoms with van der Waals surface area (Å²) in [6.07, 6.45) is 3.66. The molecule has 3 aromatic rings. The first kappa shape index (κ1) is 37.1. The minimum Gasteiger partial charge on any atom is -0.502 e. The second-order valence-corrected chi connectivity index (χ2v) is 15.3. The molecule has 276 valence electrons. The highest BCUT2D eigenvalue weighted by molar-refractivity contribution is 14.1. The minimum absolute atomic E-state index is 0.0150. The molecule has 2 aliphatic carbocycles. The molecule has 0 spiro atoms. The van der Waals surface area contributed by atoms with Crippen molar-refractivity contribution in [1.82, 2.24) is 0 Å². The van der Waals surface area contributed by atoms with Crippen LogP contribution in [0.1, 0.15) is 18.4 Å². The molecule has 3 fully saturated rings. The molecule has 0 bridgehead atoms. The summed E-state index contributed by atoms with van der Waals surface area (Å²) in [4.78, 5) is 52.1. The van der Waals surface area contributed by atoms with Gasteiger partial charge in [-0.3, -0.25) is 24.1 Å². The first-order valence-corrected chi connectivity index (χ1v) is 17.6. The molecule has 17 heteroatoms. The average Bonchev–Trinajstić information content (AvgIpc) is 3.48. The number of carbonyl (C=O) groups excluding carboxylic acids is 4. The zero-order valence-corrected chi connectivity index (χ0v) is 30.9. The Morgan fingerprint density at radius 2 is 1.40 bits per heavy atom. The highest BCUT2D eigenvalue weighted by Gasteiger charge is 2.76. The van der Waals surface area contributed by atoms with E-state index in [1.165, 1.54) is 38.5 Å². The highest BCUT2D eigenvalue weighted by Crippen LogP contribution is 2.64. The van der Waals surface area contributed by atoms with Crippen LogP contribution in [0.4, 0.5) is 33.3 Å². The van der Waals surface area contributed by atoms with E-state index in [0.29, 0.717) is 5.56 Å². The minimum atomic E-state index is -2.68. The number of phenolic OH excluding ortho intramolecular Hbond substituents is 1. The average molecular weight is 889 g/mol. The van der Waals surface area contributed by atoms with Gasteiger partial charge in [-0.05, 0) is 83.3 Å². The Bertz CT molecular complexity index is 2170. The van der Waals surface area contributed by atoms with E-state index in [2.05, 4.69) is 22.6 Å². The number of aromatic hydroxyl groups is 1. The summed E-state index contributed by atoms with van der Waals surface area (Å²) in [7, 11) is 2.56. The number of amides is 4. The summed E-state index contributed by atoms with van der Waals surface area (Å²) in [5.41, 5.74) is -1.01. The summed E-state index contributed by atoms with van der Waals surface area (Å²) >= 11 is 16.3. The summed E-state index contributed by atoms with van der Waals surface area (Å²) in [6.45, 7) is 0. The lowest BCUT2D eigenvalue weighted by atomic mass is 9.57. The highest BCUT2D eigenvalue weighted by atomic mass is 127. The molecular weight excluding hydrogens is 865 g/mol. The van der Waals surface area contributed by atoms with Crippen molar-refractivity contribution in [2.24, 2.45) is 23.7 Å². The summed E-state index contributed by atoms with van der Waals surface area (Å²) < 4.78 is 84.8. The number of alkyl halides is 2. The van der Waals surface area contributed by atoms with Gasteiger partial charge < -0.3 is 14.6 Å². The van der Waals surface area contributed by atoms with Crippen molar-refractivity contribution >= 4 is 86.9 Å². The molecule has 1 N–H and O–H groups in total. The number of rotatable bonds is 6. The van der Waals surface area contributed by atoms with Crippen LogP contribution in [-0.2, 0) is 19.2 Å². The van der Waals surface area contributed by atoms with Crippen LogP contribution in [-0.4, -0.2) is 52.7 Å². The number of hydrogen-bond acceptors (Lipinski definition) is 7. The fourth-order valence-electron chi connectivity index (χ4n) is 7.88. The molecule has 4 aliphatic rings. The van der Waals surface area contributed by atoms with Gasteiger partial charge in [-0.1, -0.05) is 23.8 Å². The molecule has 0 unspecified atom stereocenters. The van der Waals surface area contributed by atoms with Gasteiger partial charge in [-0.2, -0.15) is 0 Å². The van der Waals surface area contributed by atoms with E-state index >= 15 is 8.78 Å². The molecule has 1 saturated carbocycles. The SMILES string of the molecule is COc1cc(C=C[C@H]2C3=CC[C@@H]4C(=O)N(c5ccc(I)cc5)C(=O)[C@@H]4[C@@H]3C[C@@]3(Cl)C(=O)N(c4c(F)c(F)c(F)c(F)c4F)C(=O)[C@@]23Cl)cc(OC)c1O. The number of anilines is 2. The van der Waals surface area contributed by atoms with Gasteiger partial charge >= 0.3 is 0 Å². The second-order valence-electron chi connectivity index (χ2n) is 12.9. The second kappa shape index (κ2) is 13.0. The number of hydrogen-bond donors (Lipinski definition) is 1. The van der Waals surface area contributed by atoms with Crippen molar-refractivity contribution in [2.75, 3.05) is 24.0 Å². The zero-order chi connectivity index (χ0) is 38.5. The maximum absolute atomic E-state index is 15.3. The van der Waals surface area contributed by atoms with E-state index in [1.807, 2.05) is 0 Å². The first-order valence-electron chi connectivity index (χ1n) is 15.8. The Morgan fingerprint density at radius 3 is 1.96 bits per heavy atom. The number of imide groups is 2. The first-order chi connectivity index (χ1) is 25.0. The molecule has 53 heavy (non-hydrogen) atoms. The normalized spacial score (nSPS) is 28.0. The Kier molecular flexibility index (Phi) is 9.08. The fraction of sp³-hybridized carbons (Fsp3) is 0.278. The Balaban J connectivity index is 1.41. The third kappa shape index (κ3) is 5.13. The van der Waals surface area contributed by atoms with Crippen molar-refractivity contribution in [2.45, 2.75) is 22.6 Å². The number of nitrogens with zero attached hydrogens (tertiary/aromatic N) is 2. The molecule has 7 rings (SSSR count). The predicted molar refractivity (Wildman–Crippen MR) is 189 cm³/mol. The molecule has 2 aliphatic heterocycles. The van der Waals surface area contributed by atoms with Gasteiger partial charge in [0.2, 0.25) is 23.4 Å². The molecule has 6 atom stereocenters. The van der Waals surface area contributed by atoms with Crippen molar-refractivity contribution < 1.29 is 55.7 Å².